The minimum absolute atomic E-state index is 0.0290. The molecular formula is C16H23NO4. The zero-order valence-corrected chi connectivity index (χ0v) is 12.8. The fourth-order valence-corrected chi connectivity index (χ4v) is 1.82. The number of carbonyl (C=O) groups is 2. The molecule has 1 unspecified atom stereocenters. The summed E-state index contributed by atoms with van der Waals surface area (Å²) in [7, 11) is 0. The Hall–Kier alpha value is -2.04. The number of rotatable bonds is 8. The Bertz CT molecular complexity index is 499. The van der Waals surface area contributed by atoms with Crippen molar-refractivity contribution in [3.8, 4) is 5.75 Å². The summed E-state index contributed by atoms with van der Waals surface area (Å²) in [6, 6.07) is 5.85. The van der Waals surface area contributed by atoms with E-state index in [1.54, 1.807) is 6.92 Å². The van der Waals surface area contributed by atoms with Crippen molar-refractivity contribution in [2.45, 2.75) is 33.6 Å². The zero-order chi connectivity index (χ0) is 15.8. The van der Waals surface area contributed by atoms with Gasteiger partial charge in [-0.2, -0.15) is 0 Å². The van der Waals surface area contributed by atoms with Crippen molar-refractivity contribution in [1.29, 1.82) is 0 Å². The molecule has 0 aliphatic rings. The standard InChI is InChI=1S/C16H23NO4/c1-11-6-7-12(2)14(9-11)21-10-15(18)17-8-4-5-13(3)16(19)20/h6-7,9,13H,4-5,8,10H2,1-3H3,(H,17,18)(H,19,20). The molecule has 0 aromatic heterocycles. The van der Waals surface area contributed by atoms with E-state index in [2.05, 4.69) is 5.32 Å². The van der Waals surface area contributed by atoms with E-state index >= 15 is 0 Å². The van der Waals surface area contributed by atoms with E-state index in [1.165, 1.54) is 0 Å². The van der Waals surface area contributed by atoms with Crippen LogP contribution in [-0.2, 0) is 9.59 Å². The minimum atomic E-state index is -0.806. The monoisotopic (exact) mass is 293 g/mol. The second kappa shape index (κ2) is 8.29. The first-order chi connectivity index (χ1) is 9.90. The Morgan fingerprint density at radius 2 is 2.05 bits per heavy atom. The van der Waals surface area contributed by atoms with Crippen molar-refractivity contribution >= 4 is 11.9 Å². The molecule has 1 aromatic rings. The summed E-state index contributed by atoms with van der Waals surface area (Å²) in [6.07, 6.45) is 1.19. The third-order valence-electron chi connectivity index (χ3n) is 3.26. The second-order valence-electron chi connectivity index (χ2n) is 5.29. The molecule has 5 heteroatoms. The number of carbonyl (C=O) groups excluding carboxylic acids is 1. The van der Waals surface area contributed by atoms with Gasteiger partial charge in [0.2, 0.25) is 0 Å². The number of carboxylic acid groups (broad SMARTS) is 1. The highest BCUT2D eigenvalue weighted by molar-refractivity contribution is 5.77. The van der Waals surface area contributed by atoms with Crippen LogP contribution in [0.3, 0.4) is 0 Å². The number of hydrogen-bond donors (Lipinski definition) is 2. The molecular weight excluding hydrogens is 270 g/mol. The maximum absolute atomic E-state index is 11.6. The van der Waals surface area contributed by atoms with Crippen LogP contribution < -0.4 is 10.1 Å². The third kappa shape index (κ3) is 6.29. The van der Waals surface area contributed by atoms with Gasteiger partial charge in [0.05, 0.1) is 5.92 Å². The number of amides is 1. The highest BCUT2D eigenvalue weighted by Crippen LogP contribution is 2.18. The SMILES string of the molecule is Cc1ccc(C)c(OCC(=O)NCCCC(C)C(=O)O)c1. The summed E-state index contributed by atoms with van der Waals surface area (Å²) in [5.74, 6) is -0.670. The highest BCUT2D eigenvalue weighted by Gasteiger charge is 2.10. The van der Waals surface area contributed by atoms with Crippen LogP contribution in [0.1, 0.15) is 30.9 Å². The van der Waals surface area contributed by atoms with Gasteiger partial charge in [0, 0.05) is 6.54 Å². The van der Waals surface area contributed by atoms with Gasteiger partial charge in [-0.25, -0.2) is 0 Å². The quantitative estimate of drug-likeness (QED) is 0.721. The van der Waals surface area contributed by atoms with Crippen molar-refractivity contribution in [2.24, 2.45) is 5.92 Å². The van der Waals surface area contributed by atoms with Gasteiger partial charge in [0.1, 0.15) is 5.75 Å². The number of hydrogen-bond acceptors (Lipinski definition) is 3. The van der Waals surface area contributed by atoms with E-state index in [4.69, 9.17) is 9.84 Å². The van der Waals surface area contributed by atoms with Crippen LogP contribution in [0.2, 0.25) is 0 Å². The summed E-state index contributed by atoms with van der Waals surface area (Å²) < 4.78 is 5.49. The Morgan fingerprint density at radius 1 is 1.33 bits per heavy atom. The van der Waals surface area contributed by atoms with Crippen LogP contribution in [0.4, 0.5) is 0 Å². The predicted octanol–water partition coefficient (Wildman–Crippen LogP) is 2.30. The molecule has 1 rings (SSSR count). The van der Waals surface area contributed by atoms with Gasteiger partial charge in [-0.05, 0) is 43.9 Å². The molecule has 116 valence electrons. The molecule has 0 aliphatic carbocycles. The molecule has 0 spiro atoms. The highest BCUT2D eigenvalue weighted by atomic mass is 16.5. The molecule has 1 aromatic carbocycles. The summed E-state index contributed by atoms with van der Waals surface area (Å²) in [5, 5.41) is 11.5. The smallest absolute Gasteiger partial charge is 0.306 e. The van der Waals surface area contributed by atoms with Crippen LogP contribution >= 0.6 is 0 Å². The van der Waals surface area contributed by atoms with E-state index in [0.717, 1.165) is 11.1 Å². The first-order valence-corrected chi connectivity index (χ1v) is 7.09. The molecule has 1 amide bonds. The molecule has 2 N–H and O–H groups in total. The van der Waals surface area contributed by atoms with Gasteiger partial charge in [0.15, 0.2) is 6.61 Å². The molecule has 0 bridgehead atoms. The molecule has 0 fully saturated rings. The van der Waals surface area contributed by atoms with Gasteiger partial charge < -0.3 is 15.2 Å². The molecule has 21 heavy (non-hydrogen) atoms. The number of aliphatic carboxylic acids is 1. The van der Waals surface area contributed by atoms with Crippen LogP contribution in [-0.4, -0.2) is 30.1 Å². The van der Waals surface area contributed by atoms with Crippen molar-refractivity contribution in [1.82, 2.24) is 5.32 Å². The largest absolute Gasteiger partial charge is 0.483 e. The molecule has 5 nitrogen and oxygen atoms in total. The summed E-state index contributed by atoms with van der Waals surface area (Å²) in [6.45, 7) is 6.00. The maximum atomic E-state index is 11.6. The number of carboxylic acids is 1. The van der Waals surface area contributed by atoms with E-state index in [-0.39, 0.29) is 18.4 Å². The summed E-state index contributed by atoms with van der Waals surface area (Å²) in [4.78, 5) is 22.3. The Morgan fingerprint density at radius 3 is 2.71 bits per heavy atom. The summed E-state index contributed by atoms with van der Waals surface area (Å²) >= 11 is 0. The minimum Gasteiger partial charge on any atom is -0.483 e. The fourth-order valence-electron chi connectivity index (χ4n) is 1.82. The molecule has 0 saturated carbocycles. The number of aryl methyl sites for hydroxylation is 2. The summed E-state index contributed by atoms with van der Waals surface area (Å²) in [5.41, 5.74) is 2.07. The van der Waals surface area contributed by atoms with E-state index < -0.39 is 5.97 Å². The van der Waals surface area contributed by atoms with Crippen LogP contribution in [0.5, 0.6) is 5.75 Å². The van der Waals surface area contributed by atoms with E-state index in [9.17, 15) is 9.59 Å². The second-order valence-corrected chi connectivity index (χ2v) is 5.29. The average molecular weight is 293 g/mol. The normalized spacial score (nSPS) is 11.8. The van der Waals surface area contributed by atoms with E-state index in [1.807, 2.05) is 32.0 Å². The fraction of sp³-hybridized carbons (Fsp3) is 0.500. The molecule has 0 radical (unpaired) electrons. The molecule has 0 aliphatic heterocycles. The lowest BCUT2D eigenvalue weighted by atomic mass is 10.1. The molecule has 1 atom stereocenters. The first-order valence-electron chi connectivity index (χ1n) is 7.09. The van der Waals surface area contributed by atoms with Crippen molar-refractivity contribution in [3.05, 3.63) is 29.3 Å². The van der Waals surface area contributed by atoms with Crippen molar-refractivity contribution in [3.63, 3.8) is 0 Å². The lowest BCUT2D eigenvalue weighted by Crippen LogP contribution is -2.30. The van der Waals surface area contributed by atoms with Gasteiger partial charge in [-0.15, -0.1) is 0 Å². The van der Waals surface area contributed by atoms with Crippen LogP contribution in [0.25, 0.3) is 0 Å². The first kappa shape index (κ1) is 17.0. The van der Waals surface area contributed by atoms with Crippen LogP contribution in [0, 0.1) is 19.8 Å². The molecule has 0 heterocycles. The lowest BCUT2D eigenvalue weighted by Gasteiger charge is -2.11. The maximum Gasteiger partial charge on any atom is 0.306 e. The van der Waals surface area contributed by atoms with Crippen molar-refractivity contribution in [2.75, 3.05) is 13.2 Å². The van der Waals surface area contributed by atoms with Gasteiger partial charge >= 0.3 is 5.97 Å². The van der Waals surface area contributed by atoms with Gasteiger partial charge in [-0.1, -0.05) is 19.1 Å². The predicted molar refractivity (Wildman–Crippen MR) is 80.5 cm³/mol. The van der Waals surface area contributed by atoms with Gasteiger partial charge in [0.25, 0.3) is 5.91 Å². The zero-order valence-electron chi connectivity index (χ0n) is 12.8. The topological polar surface area (TPSA) is 75.6 Å². The van der Waals surface area contributed by atoms with Crippen LogP contribution in [0.15, 0.2) is 18.2 Å². The Balaban J connectivity index is 2.25. The number of benzene rings is 1. The Kier molecular flexibility index (Phi) is 6.72. The van der Waals surface area contributed by atoms with Gasteiger partial charge in [-0.3, -0.25) is 9.59 Å². The lowest BCUT2D eigenvalue weighted by molar-refractivity contribution is -0.141. The van der Waals surface area contributed by atoms with E-state index in [0.29, 0.717) is 25.1 Å². The number of ether oxygens (including phenoxy) is 1. The molecule has 0 saturated heterocycles. The van der Waals surface area contributed by atoms with Crippen molar-refractivity contribution < 1.29 is 19.4 Å². The number of nitrogens with one attached hydrogen (secondary N) is 1. The average Bonchev–Trinajstić information content (AvgIpc) is 2.44. The third-order valence-corrected chi connectivity index (χ3v) is 3.26. The Labute approximate surface area is 125 Å².